The van der Waals surface area contributed by atoms with Crippen molar-refractivity contribution in [3.8, 4) is 0 Å². The van der Waals surface area contributed by atoms with Crippen molar-refractivity contribution in [1.29, 1.82) is 0 Å². The smallest absolute Gasteiger partial charge is 0.335 e. The summed E-state index contributed by atoms with van der Waals surface area (Å²) in [5.41, 5.74) is 0.606. The van der Waals surface area contributed by atoms with E-state index in [9.17, 15) is 13.2 Å². The average molecular weight is 314 g/mol. The predicted molar refractivity (Wildman–Crippen MR) is 81.1 cm³/mol. The van der Waals surface area contributed by atoms with E-state index in [1.54, 1.807) is 13.1 Å². The molecule has 118 valence electrons. The molecule has 1 rings (SSSR count). The minimum Gasteiger partial charge on any atom is -0.478 e. The molecule has 0 amide bonds. The zero-order valence-electron chi connectivity index (χ0n) is 12.6. The summed E-state index contributed by atoms with van der Waals surface area (Å²) in [6.07, 6.45) is 1.21. The second-order valence-electron chi connectivity index (χ2n) is 4.76. The average Bonchev–Trinajstić information content (AvgIpc) is 2.46. The fourth-order valence-electron chi connectivity index (χ4n) is 1.99. The molecule has 0 aromatic heterocycles. The number of nitrogens with one attached hydrogen (secondary N) is 1. The first-order chi connectivity index (χ1) is 9.84. The van der Waals surface area contributed by atoms with Gasteiger partial charge in [0.1, 0.15) is 0 Å². The van der Waals surface area contributed by atoms with E-state index in [0.717, 1.165) is 6.54 Å². The Morgan fingerprint density at radius 2 is 2.05 bits per heavy atom. The number of carboxylic acid groups (broad SMARTS) is 1. The number of carbonyl (C=O) groups is 1. The van der Waals surface area contributed by atoms with Gasteiger partial charge in [-0.15, -0.1) is 0 Å². The molecule has 7 heteroatoms. The van der Waals surface area contributed by atoms with Gasteiger partial charge in [0, 0.05) is 13.6 Å². The summed E-state index contributed by atoms with van der Waals surface area (Å²) in [5, 5.41) is 12.0. The van der Waals surface area contributed by atoms with E-state index < -0.39 is 16.0 Å². The van der Waals surface area contributed by atoms with Crippen LogP contribution in [-0.4, -0.2) is 51.0 Å². The lowest BCUT2D eigenvalue weighted by Crippen LogP contribution is -2.30. The van der Waals surface area contributed by atoms with Crippen molar-refractivity contribution in [2.24, 2.45) is 0 Å². The van der Waals surface area contributed by atoms with Gasteiger partial charge in [0.15, 0.2) is 0 Å². The number of benzene rings is 1. The van der Waals surface area contributed by atoms with Crippen molar-refractivity contribution in [1.82, 2.24) is 9.62 Å². The van der Waals surface area contributed by atoms with Gasteiger partial charge in [-0.2, -0.15) is 0 Å². The van der Waals surface area contributed by atoms with E-state index in [4.69, 9.17) is 5.11 Å². The maximum Gasteiger partial charge on any atom is 0.335 e. The second-order valence-corrected chi connectivity index (χ2v) is 6.78. The molecular formula is C14H22N2O4S. The van der Waals surface area contributed by atoms with Gasteiger partial charge in [0.2, 0.25) is 10.0 Å². The minimum atomic E-state index is -3.68. The highest BCUT2D eigenvalue weighted by molar-refractivity contribution is 7.89. The van der Waals surface area contributed by atoms with Gasteiger partial charge in [0.05, 0.1) is 10.5 Å². The Kier molecular flexibility index (Phi) is 6.32. The Hall–Kier alpha value is -1.44. The van der Waals surface area contributed by atoms with Gasteiger partial charge in [-0.3, -0.25) is 0 Å². The highest BCUT2D eigenvalue weighted by Gasteiger charge is 2.24. The van der Waals surface area contributed by atoms with Gasteiger partial charge in [-0.25, -0.2) is 17.5 Å². The molecule has 1 aromatic rings. The number of hydrogen-bond donors (Lipinski definition) is 2. The molecule has 0 saturated carbocycles. The highest BCUT2D eigenvalue weighted by Crippen LogP contribution is 2.22. The maximum atomic E-state index is 12.6. The summed E-state index contributed by atoms with van der Waals surface area (Å²) in [7, 11) is -0.359. The molecule has 0 atom stereocenters. The molecule has 0 aliphatic heterocycles. The number of rotatable bonds is 8. The number of nitrogens with zero attached hydrogens (tertiary/aromatic N) is 1. The quantitative estimate of drug-likeness (QED) is 0.704. The van der Waals surface area contributed by atoms with Crippen LogP contribution >= 0.6 is 0 Å². The van der Waals surface area contributed by atoms with E-state index in [-0.39, 0.29) is 10.5 Å². The lowest BCUT2D eigenvalue weighted by Gasteiger charge is -2.19. The zero-order chi connectivity index (χ0) is 16.0. The van der Waals surface area contributed by atoms with E-state index in [0.29, 0.717) is 24.9 Å². The van der Waals surface area contributed by atoms with Crippen molar-refractivity contribution in [2.75, 3.05) is 27.2 Å². The first kappa shape index (κ1) is 17.6. The third kappa shape index (κ3) is 4.26. The Labute approximate surface area is 125 Å². The number of aromatic carboxylic acids is 1. The molecule has 1 aromatic carbocycles. The third-order valence-electron chi connectivity index (χ3n) is 3.28. The van der Waals surface area contributed by atoms with Gasteiger partial charge in [0.25, 0.3) is 0 Å². The van der Waals surface area contributed by atoms with E-state index in [2.05, 4.69) is 5.32 Å². The van der Waals surface area contributed by atoms with Gasteiger partial charge >= 0.3 is 5.97 Å². The van der Waals surface area contributed by atoms with Crippen LogP contribution in [0.1, 0.15) is 29.3 Å². The topological polar surface area (TPSA) is 86.7 Å². The first-order valence-corrected chi connectivity index (χ1v) is 8.25. The molecule has 0 heterocycles. The lowest BCUT2D eigenvalue weighted by molar-refractivity contribution is 0.0696. The van der Waals surface area contributed by atoms with Crippen molar-refractivity contribution < 1.29 is 18.3 Å². The van der Waals surface area contributed by atoms with Crippen molar-refractivity contribution in [2.45, 2.75) is 24.7 Å². The van der Waals surface area contributed by atoms with Crippen LogP contribution in [0.3, 0.4) is 0 Å². The highest BCUT2D eigenvalue weighted by atomic mass is 32.2. The van der Waals surface area contributed by atoms with Gasteiger partial charge in [-0.05, 0) is 44.1 Å². The van der Waals surface area contributed by atoms with Crippen LogP contribution in [0.5, 0.6) is 0 Å². The second kappa shape index (κ2) is 7.53. The summed E-state index contributed by atoms with van der Waals surface area (Å²) >= 11 is 0. The predicted octanol–water partition coefficient (Wildman–Crippen LogP) is 1.18. The molecule has 0 radical (unpaired) electrons. The Balaban J connectivity index is 3.16. The Morgan fingerprint density at radius 3 is 2.57 bits per heavy atom. The summed E-state index contributed by atoms with van der Waals surface area (Å²) < 4.78 is 26.5. The molecule has 0 bridgehead atoms. The molecule has 0 unspecified atom stereocenters. The molecule has 0 fully saturated rings. The van der Waals surface area contributed by atoms with Crippen LogP contribution in [0.15, 0.2) is 23.1 Å². The standard InChI is InChI=1S/C14H22N2O4S/c1-4-11-6-7-12(14(17)18)10-13(11)21(19,20)16(3)9-5-8-15-2/h6-7,10,15H,4-5,8-9H2,1-3H3,(H,17,18). The van der Waals surface area contributed by atoms with Crippen molar-refractivity contribution >= 4 is 16.0 Å². The summed E-state index contributed by atoms with van der Waals surface area (Å²) in [5.74, 6) is -1.13. The fourth-order valence-corrected chi connectivity index (χ4v) is 3.51. The number of hydrogen-bond acceptors (Lipinski definition) is 4. The van der Waals surface area contributed by atoms with Crippen LogP contribution < -0.4 is 5.32 Å². The summed E-state index contributed by atoms with van der Waals surface area (Å²) in [6, 6.07) is 4.24. The van der Waals surface area contributed by atoms with E-state index in [1.165, 1.54) is 23.5 Å². The van der Waals surface area contributed by atoms with Crippen LogP contribution in [-0.2, 0) is 16.4 Å². The van der Waals surface area contributed by atoms with Gasteiger partial charge < -0.3 is 10.4 Å². The molecular weight excluding hydrogens is 292 g/mol. The van der Waals surface area contributed by atoms with Crippen molar-refractivity contribution in [3.05, 3.63) is 29.3 Å². The van der Waals surface area contributed by atoms with Gasteiger partial charge in [-0.1, -0.05) is 13.0 Å². The first-order valence-electron chi connectivity index (χ1n) is 6.81. The number of sulfonamides is 1. The summed E-state index contributed by atoms with van der Waals surface area (Å²) in [4.78, 5) is 11.1. The fraction of sp³-hybridized carbons (Fsp3) is 0.500. The monoisotopic (exact) mass is 314 g/mol. The largest absolute Gasteiger partial charge is 0.478 e. The molecule has 6 nitrogen and oxygen atoms in total. The van der Waals surface area contributed by atoms with Crippen LogP contribution in [0.2, 0.25) is 0 Å². The SMILES string of the molecule is CCc1ccc(C(=O)O)cc1S(=O)(=O)N(C)CCCNC. The minimum absolute atomic E-state index is 0.0191. The third-order valence-corrected chi connectivity index (χ3v) is 5.22. The number of aryl methyl sites for hydroxylation is 1. The van der Waals surface area contributed by atoms with E-state index >= 15 is 0 Å². The molecule has 21 heavy (non-hydrogen) atoms. The molecule has 2 N–H and O–H groups in total. The normalized spacial score (nSPS) is 11.8. The molecule has 0 spiro atoms. The molecule has 0 aliphatic rings. The Morgan fingerprint density at radius 1 is 1.38 bits per heavy atom. The molecule has 0 aliphatic carbocycles. The van der Waals surface area contributed by atoms with Crippen LogP contribution in [0, 0.1) is 0 Å². The van der Waals surface area contributed by atoms with Crippen LogP contribution in [0.25, 0.3) is 0 Å². The molecule has 0 saturated heterocycles. The van der Waals surface area contributed by atoms with Crippen molar-refractivity contribution in [3.63, 3.8) is 0 Å². The Bertz CT molecular complexity index is 599. The maximum absolute atomic E-state index is 12.6. The lowest BCUT2D eigenvalue weighted by atomic mass is 10.1. The number of carboxylic acids is 1. The zero-order valence-corrected chi connectivity index (χ0v) is 13.4. The summed E-state index contributed by atoms with van der Waals surface area (Å²) in [6.45, 7) is 2.94. The van der Waals surface area contributed by atoms with Crippen LogP contribution in [0.4, 0.5) is 0 Å². The van der Waals surface area contributed by atoms with E-state index in [1.807, 2.05) is 6.92 Å².